The Labute approximate surface area is 88.2 Å². The smallest absolute Gasteiger partial charge is 0.162 e. The Morgan fingerprint density at radius 3 is 2.00 bits per heavy atom. The van der Waals surface area contributed by atoms with Crippen LogP contribution >= 0.6 is 0 Å². The van der Waals surface area contributed by atoms with Gasteiger partial charge in [0.25, 0.3) is 0 Å². The van der Waals surface area contributed by atoms with Crippen LogP contribution in [0.5, 0.6) is 0 Å². The molecule has 0 aliphatic heterocycles. The molecule has 0 radical (unpaired) electrons. The molecule has 0 N–H and O–H groups in total. The van der Waals surface area contributed by atoms with E-state index in [-0.39, 0.29) is 11.7 Å². The summed E-state index contributed by atoms with van der Waals surface area (Å²) in [6.45, 7) is 15.0. The lowest BCUT2D eigenvalue weighted by atomic mass is 9.91. The first-order valence-electron chi connectivity index (χ1n) is 5.09. The van der Waals surface area contributed by atoms with E-state index >= 15 is 0 Å². The van der Waals surface area contributed by atoms with Crippen molar-refractivity contribution in [2.45, 2.75) is 27.7 Å². The summed E-state index contributed by atoms with van der Waals surface area (Å²) in [6.07, 6.45) is 6.71. The molecular formula is C13H22O. The lowest BCUT2D eigenvalue weighted by Crippen LogP contribution is -2.15. The summed E-state index contributed by atoms with van der Waals surface area (Å²) in [6, 6.07) is 0. The van der Waals surface area contributed by atoms with E-state index in [0.717, 1.165) is 0 Å². The molecule has 0 aliphatic rings. The number of carbonyl (C=O) groups is 1. The SMILES string of the molecule is C=C/C=C\C(C(=O)C=C)C(C)C.CC. The van der Waals surface area contributed by atoms with Crippen LogP contribution in [0, 0.1) is 11.8 Å². The highest BCUT2D eigenvalue weighted by atomic mass is 16.1. The maximum atomic E-state index is 11.3. The van der Waals surface area contributed by atoms with Crippen molar-refractivity contribution < 1.29 is 4.79 Å². The van der Waals surface area contributed by atoms with Gasteiger partial charge in [-0.2, -0.15) is 0 Å². The first-order valence-corrected chi connectivity index (χ1v) is 5.09. The highest BCUT2D eigenvalue weighted by Gasteiger charge is 2.15. The molecule has 80 valence electrons. The Kier molecular flexibility index (Phi) is 10.9. The monoisotopic (exact) mass is 194 g/mol. The summed E-state index contributed by atoms with van der Waals surface area (Å²) in [5, 5.41) is 0. The topological polar surface area (TPSA) is 17.1 Å². The lowest BCUT2D eigenvalue weighted by molar-refractivity contribution is -0.117. The summed E-state index contributed by atoms with van der Waals surface area (Å²) >= 11 is 0. The second kappa shape index (κ2) is 9.97. The number of allylic oxidation sites excluding steroid dienone is 4. The average Bonchev–Trinajstić information content (AvgIpc) is 2.20. The summed E-state index contributed by atoms with van der Waals surface area (Å²) < 4.78 is 0. The molecule has 0 spiro atoms. The van der Waals surface area contributed by atoms with Crippen molar-refractivity contribution in [3.05, 3.63) is 37.5 Å². The second-order valence-electron chi connectivity index (χ2n) is 3.00. The van der Waals surface area contributed by atoms with Gasteiger partial charge in [0.1, 0.15) is 0 Å². The van der Waals surface area contributed by atoms with Crippen molar-refractivity contribution in [3.63, 3.8) is 0 Å². The van der Waals surface area contributed by atoms with Gasteiger partial charge in [-0.15, -0.1) is 0 Å². The predicted octanol–water partition coefficient (Wildman–Crippen LogP) is 3.78. The van der Waals surface area contributed by atoms with E-state index in [4.69, 9.17) is 0 Å². The van der Waals surface area contributed by atoms with Gasteiger partial charge in [0.05, 0.1) is 0 Å². The van der Waals surface area contributed by atoms with Gasteiger partial charge in [0.15, 0.2) is 5.78 Å². The molecule has 0 aromatic heterocycles. The molecule has 0 rings (SSSR count). The van der Waals surface area contributed by atoms with E-state index in [0.29, 0.717) is 5.92 Å². The van der Waals surface area contributed by atoms with Gasteiger partial charge in [-0.3, -0.25) is 4.79 Å². The van der Waals surface area contributed by atoms with E-state index in [1.165, 1.54) is 6.08 Å². The zero-order valence-electron chi connectivity index (χ0n) is 9.79. The van der Waals surface area contributed by atoms with Crippen LogP contribution in [0.25, 0.3) is 0 Å². The minimum absolute atomic E-state index is 0.0551. The third-order valence-corrected chi connectivity index (χ3v) is 1.70. The van der Waals surface area contributed by atoms with Gasteiger partial charge >= 0.3 is 0 Å². The Morgan fingerprint density at radius 1 is 1.21 bits per heavy atom. The van der Waals surface area contributed by atoms with Gasteiger partial charge in [0, 0.05) is 5.92 Å². The fourth-order valence-electron chi connectivity index (χ4n) is 0.980. The fourth-order valence-corrected chi connectivity index (χ4v) is 0.980. The molecule has 0 aromatic rings. The van der Waals surface area contributed by atoms with Gasteiger partial charge in [-0.1, -0.05) is 59.1 Å². The maximum absolute atomic E-state index is 11.3. The van der Waals surface area contributed by atoms with Crippen LogP contribution in [0.15, 0.2) is 37.5 Å². The van der Waals surface area contributed by atoms with E-state index in [2.05, 4.69) is 13.2 Å². The average molecular weight is 194 g/mol. The van der Waals surface area contributed by atoms with Crippen molar-refractivity contribution in [2.75, 3.05) is 0 Å². The van der Waals surface area contributed by atoms with Crippen LogP contribution in [0.2, 0.25) is 0 Å². The number of hydrogen-bond acceptors (Lipinski definition) is 1. The van der Waals surface area contributed by atoms with Gasteiger partial charge in [-0.05, 0) is 12.0 Å². The predicted molar refractivity (Wildman–Crippen MR) is 64.2 cm³/mol. The number of carbonyl (C=O) groups excluding carboxylic acids is 1. The van der Waals surface area contributed by atoms with Crippen molar-refractivity contribution in [1.82, 2.24) is 0 Å². The quantitative estimate of drug-likeness (QED) is 0.481. The standard InChI is InChI=1S/C11H16O.C2H6/c1-5-7-8-10(9(3)4)11(12)6-2;1-2/h5-10H,1-2H2,3-4H3;1-2H3/b8-7-;. The van der Waals surface area contributed by atoms with E-state index in [1.54, 1.807) is 12.2 Å². The van der Waals surface area contributed by atoms with Crippen LogP contribution in [0.4, 0.5) is 0 Å². The zero-order chi connectivity index (χ0) is 11.6. The van der Waals surface area contributed by atoms with Crippen molar-refractivity contribution >= 4 is 5.78 Å². The van der Waals surface area contributed by atoms with Crippen LogP contribution in [0.3, 0.4) is 0 Å². The third-order valence-electron chi connectivity index (χ3n) is 1.70. The minimum atomic E-state index is -0.0551. The molecule has 0 heterocycles. The molecular weight excluding hydrogens is 172 g/mol. The van der Waals surface area contributed by atoms with Crippen LogP contribution in [-0.2, 0) is 4.79 Å². The van der Waals surface area contributed by atoms with E-state index < -0.39 is 0 Å². The van der Waals surface area contributed by atoms with E-state index in [1.807, 2.05) is 33.8 Å². The third kappa shape index (κ3) is 6.41. The summed E-state index contributed by atoms with van der Waals surface area (Å²) in [5.74, 6) is 0.329. The van der Waals surface area contributed by atoms with Crippen LogP contribution in [0.1, 0.15) is 27.7 Å². The highest BCUT2D eigenvalue weighted by Crippen LogP contribution is 2.14. The normalized spacial score (nSPS) is 11.8. The molecule has 1 atom stereocenters. The molecule has 1 heteroatoms. The number of hydrogen-bond donors (Lipinski definition) is 0. The molecule has 0 saturated heterocycles. The van der Waals surface area contributed by atoms with Gasteiger partial charge in [0.2, 0.25) is 0 Å². The Morgan fingerprint density at radius 2 is 1.71 bits per heavy atom. The summed E-state index contributed by atoms with van der Waals surface area (Å²) in [5.41, 5.74) is 0. The van der Waals surface area contributed by atoms with Crippen LogP contribution < -0.4 is 0 Å². The maximum Gasteiger partial charge on any atom is 0.162 e. The number of ketones is 1. The van der Waals surface area contributed by atoms with Crippen molar-refractivity contribution in [3.8, 4) is 0 Å². The molecule has 0 aromatic carbocycles. The molecule has 0 bridgehead atoms. The minimum Gasteiger partial charge on any atom is -0.294 e. The first-order chi connectivity index (χ1) is 6.63. The molecule has 14 heavy (non-hydrogen) atoms. The van der Waals surface area contributed by atoms with Crippen molar-refractivity contribution in [2.24, 2.45) is 11.8 Å². The zero-order valence-corrected chi connectivity index (χ0v) is 9.79. The van der Waals surface area contributed by atoms with E-state index in [9.17, 15) is 4.79 Å². The van der Waals surface area contributed by atoms with Gasteiger partial charge in [-0.25, -0.2) is 0 Å². The lowest BCUT2D eigenvalue weighted by Gasteiger charge is -2.12. The summed E-state index contributed by atoms with van der Waals surface area (Å²) in [7, 11) is 0. The molecule has 1 unspecified atom stereocenters. The number of rotatable bonds is 5. The largest absolute Gasteiger partial charge is 0.294 e. The van der Waals surface area contributed by atoms with Crippen LogP contribution in [-0.4, -0.2) is 5.78 Å². The fraction of sp³-hybridized carbons (Fsp3) is 0.462. The van der Waals surface area contributed by atoms with Gasteiger partial charge < -0.3 is 0 Å². The Bertz CT molecular complexity index is 199. The summed E-state index contributed by atoms with van der Waals surface area (Å²) in [4.78, 5) is 11.3. The second-order valence-corrected chi connectivity index (χ2v) is 3.00. The molecule has 1 nitrogen and oxygen atoms in total. The molecule has 0 amide bonds. The highest BCUT2D eigenvalue weighted by molar-refractivity contribution is 5.92. The van der Waals surface area contributed by atoms with Crippen molar-refractivity contribution in [1.29, 1.82) is 0 Å². The molecule has 0 saturated carbocycles. The first kappa shape index (κ1) is 15.4. The molecule has 0 fully saturated rings. The Balaban J connectivity index is 0. The Hall–Kier alpha value is -1.11. The molecule has 0 aliphatic carbocycles.